The second-order valence-corrected chi connectivity index (χ2v) is 13.8. The smallest absolute Gasteiger partial charge is 0.0727 e. The lowest BCUT2D eigenvalue weighted by atomic mass is 9.70. The number of anilines is 6. The molecule has 8 aromatic carbocycles. The normalized spacial score (nSPS) is 12.9. The summed E-state index contributed by atoms with van der Waals surface area (Å²) in [5.41, 5.74) is 18.0. The summed E-state index contributed by atoms with van der Waals surface area (Å²) < 4.78 is 0. The first-order valence-corrected chi connectivity index (χ1v) is 18.0. The van der Waals surface area contributed by atoms with Gasteiger partial charge in [-0.3, -0.25) is 0 Å². The first kappa shape index (κ1) is 30.2. The van der Waals surface area contributed by atoms with Crippen molar-refractivity contribution >= 4 is 34.1 Å². The van der Waals surface area contributed by atoms with E-state index in [0.29, 0.717) is 0 Å². The van der Waals surface area contributed by atoms with Crippen molar-refractivity contribution in [2.45, 2.75) is 12.3 Å². The maximum atomic E-state index is 2.47. The summed E-state index contributed by atoms with van der Waals surface area (Å²) in [7, 11) is 0. The molecule has 10 rings (SSSR count). The first-order valence-electron chi connectivity index (χ1n) is 18.0. The average molecular weight is 665 g/mol. The fourth-order valence-corrected chi connectivity index (χ4v) is 8.75. The van der Waals surface area contributed by atoms with Gasteiger partial charge in [-0.1, -0.05) is 133 Å². The molecule has 0 heterocycles. The molecule has 0 saturated heterocycles. The number of rotatable bonds is 6. The van der Waals surface area contributed by atoms with E-state index < -0.39 is 5.41 Å². The fraction of sp³-hybridized carbons (Fsp3) is 0.0400. The van der Waals surface area contributed by atoms with Crippen molar-refractivity contribution in [2.24, 2.45) is 0 Å². The Balaban J connectivity index is 1.27. The molecule has 0 fully saturated rings. The van der Waals surface area contributed by atoms with Gasteiger partial charge in [-0.05, 0) is 124 Å². The van der Waals surface area contributed by atoms with Gasteiger partial charge >= 0.3 is 0 Å². The largest absolute Gasteiger partial charge is 0.310 e. The minimum atomic E-state index is -0.507. The van der Waals surface area contributed by atoms with Crippen LogP contribution in [0.5, 0.6) is 0 Å². The molecule has 0 atom stereocenters. The second kappa shape index (κ2) is 12.0. The molecule has 52 heavy (non-hydrogen) atoms. The molecule has 246 valence electrons. The van der Waals surface area contributed by atoms with Crippen molar-refractivity contribution in [1.29, 1.82) is 0 Å². The summed E-state index contributed by atoms with van der Waals surface area (Å²) in [5.74, 6) is 0. The molecule has 0 bridgehead atoms. The monoisotopic (exact) mass is 664 g/mol. The van der Waals surface area contributed by atoms with Crippen LogP contribution in [0.2, 0.25) is 0 Å². The van der Waals surface area contributed by atoms with Crippen molar-refractivity contribution < 1.29 is 0 Å². The van der Waals surface area contributed by atoms with Crippen LogP contribution in [0.3, 0.4) is 0 Å². The molecule has 8 aromatic rings. The van der Waals surface area contributed by atoms with Crippen LogP contribution < -0.4 is 9.80 Å². The van der Waals surface area contributed by atoms with E-state index in [-0.39, 0.29) is 0 Å². The Morgan fingerprint density at radius 3 is 1.08 bits per heavy atom. The Bertz CT molecular complexity index is 2370. The molecule has 2 aliphatic carbocycles. The van der Waals surface area contributed by atoms with Crippen LogP contribution in [0.4, 0.5) is 34.1 Å². The van der Waals surface area contributed by atoms with E-state index in [9.17, 15) is 0 Å². The summed E-state index contributed by atoms with van der Waals surface area (Å²) in [6.45, 7) is 2.22. The third-order valence-electron chi connectivity index (χ3n) is 10.9. The van der Waals surface area contributed by atoms with Crippen LogP contribution in [0.1, 0.15) is 27.8 Å². The second-order valence-electron chi connectivity index (χ2n) is 13.8. The van der Waals surface area contributed by atoms with Crippen LogP contribution in [0.25, 0.3) is 22.3 Å². The van der Waals surface area contributed by atoms with E-state index in [1.54, 1.807) is 0 Å². The summed E-state index contributed by atoms with van der Waals surface area (Å²) in [6.07, 6.45) is 0. The number of hydrogen-bond acceptors (Lipinski definition) is 2. The maximum Gasteiger partial charge on any atom is 0.0727 e. The predicted molar refractivity (Wildman–Crippen MR) is 217 cm³/mol. The zero-order valence-electron chi connectivity index (χ0n) is 28.9. The Hall–Kier alpha value is -6.64. The van der Waals surface area contributed by atoms with Gasteiger partial charge < -0.3 is 9.80 Å². The van der Waals surface area contributed by atoms with Crippen LogP contribution in [0.15, 0.2) is 200 Å². The minimum Gasteiger partial charge on any atom is -0.310 e. The summed E-state index contributed by atoms with van der Waals surface area (Å²) >= 11 is 0. The topological polar surface area (TPSA) is 6.48 Å². The minimum absolute atomic E-state index is 0.507. The SMILES string of the molecule is Cc1ccc2c(c1)C1(c3ccccc3-2)c2cc(N(c3ccccc3)c3ccccc3)ccc2-c2ccc(N(c3ccccc3)c3ccccc3)cc21. The molecule has 2 nitrogen and oxygen atoms in total. The van der Waals surface area contributed by atoms with E-state index in [1.165, 1.54) is 50.1 Å². The maximum absolute atomic E-state index is 2.47. The van der Waals surface area contributed by atoms with Gasteiger partial charge in [0.15, 0.2) is 0 Å². The first-order chi connectivity index (χ1) is 25.7. The van der Waals surface area contributed by atoms with Crippen LogP contribution in [-0.4, -0.2) is 0 Å². The van der Waals surface area contributed by atoms with Crippen molar-refractivity contribution in [3.63, 3.8) is 0 Å². The van der Waals surface area contributed by atoms with Gasteiger partial charge in [-0.2, -0.15) is 0 Å². The van der Waals surface area contributed by atoms with Crippen LogP contribution in [-0.2, 0) is 5.41 Å². The number of para-hydroxylation sites is 4. The molecule has 2 heteroatoms. The van der Waals surface area contributed by atoms with Crippen molar-refractivity contribution in [3.05, 3.63) is 228 Å². The highest BCUT2D eigenvalue weighted by molar-refractivity contribution is 5.97. The number of benzene rings is 8. The molecule has 0 unspecified atom stereocenters. The Labute approximate surface area is 305 Å². The van der Waals surface area contributed by atoms with Crippen molar-refractivity contribution in [3.8, 4) is 22.3 Å². The van der Waals surface area contributed by atoms with Crippen molar-refractivity contribution in [1.82, 2.24) is 0 Å². The number of aryl methyl sites for hydroxylation is 1. The Morgan fingerprint density at radius 2 is 0.635 bits per heavy atom. The van der Waals surface area contributed by atoms with E-state index >= 15 is 0 Å². The molecule has 2 aliphatic rings. The van der Waals surface area contributed by atoms with Crippen LogP contribution in [0, 0.1) is 6.92 Å². The lowest BCUT2D eigenvalue weighted by molar-refractivity contribution is 0.792. The van der Waals surface area contributed by atoms with Crippen molar-refractivity contribution in [2.75, 3.05) is 9.80 Å². The van der Waals surface area contributed by atoms with Gasteiger partial charge in [0.2, 0.25) is 0 Å². The quantitative estimate of drug-likeness (QED) is 0.175. The van der Waals surface area contributed by atoms with Gasteiger partial charge in [0.25, 0.3) is 0 Å². The molecule has 0 aromatic heterocycles. The van der Waals surface area contributed by atoms with E-state index in [2.05, 4.69) is 217 Å². The van der Waals surface area contributed by atoms with Gasteiger partial charge in [0, 0.05) is 34.1 Å². The summed E-state index contributed by atoms with van der Waals surface area (Å²) in [5, 5.41) is 0. The van der Waals surface area contributed by atoms with Gasteiger partial charge in [-0.25, -0.2) is 0 Å². The molecular formula is C50H36N2. The lowest BCUT2D eigenvalue weighted by Gasteiger charge is -2.33. The van der Waals surface area contributed by atoms with Gasteiger partial charge in [0.05, 0.1) is 5.41 Å². The summed E-state index contributed by atoms with van der Waals surface area (Å²) in [4.78, 5) is 4.76. The Morgan fingerprint density at radius 1 is 0.288 bits per heavy atom. The zero-order valence-corrected chi connectivity index (χ0v) is 28.9. The highest BCUT2D eigenvalue weighted by Crippen LogP contribution is 2.64. The average Bonchev–Trinajstić information content (AvgIpc) is 3.66. The third kappa shape index (κ3) is 4.51. The van der Waals surface area contributed by atoms with Crippen LogP contribution >= 0.6 is 0 Å². The Kier molecular flexibility index (Phi) is 6.97. The molecule has 0 radical (unpaired) electrons. The molecule has 0 aliphatic heterocycles. The fourth-order valence-electron chi connectivity index (χ4n) is 8.75. The van der Waals surface area contributed by atoms with E-state index in [1.807, 2.05) is 0 Å². The lowest BCUT2D eigenvalue weighted by Crippen LogP contribution is -2.26. The molecule has 0 N–H and O–H groups in total. The molecule has 1 spiro atoms. The molecule has 0 amide bonds. The summed E-state index contributed by atoms with van der Waals surface area (Å²) in [6, 6.07) is 73.2. The molecule has 0 saturated carbocycles. The third-order valence-corrected chi connectivity index (χ3v) is 10.9. The van der Waals surface area contributed by atoms with E-state index in [4.69, 9.17) is 0 Å². The number of nitrogens with zero attached hydrogens (tertiary/aromatic N) is 2. The molecular weight excluding hydrogens is 629 g/mol. The highest BCUT2D eigenvalue weighted by atomic mass is 15.1. The standard InChI is InChI=1S/C50H36N2/c1-35-26-29-43-42-24-14-15-25-46(42)50(47(43)32-35)48-33-40(51(36-16-6-2-7-17-36)37-18-8-3-9-19-37)27-30-44(48)45-31-28-41(34-49(45)50)52(38-20-10-4-11-21-38)39-22-12-5-13-23-39/h2-34H,1H3. The van der Waals surface area contributed by atoms with Gasteiger partial charge in [0.1, 0.15) is 0 Å². The van der Waals surface area contributed by atoms with E-state index in [0.717, 1.165) is 34.1 Å². The van der Waals surface area contributed by atoms with Gasteiger partial charge in [-0.15, -0.1) is 0 Å². The highest BCUT2D eigenvalue weighted by Gasteiger charge is 2.52. The number of hydrogen-bond donors (Lipinski definition) is 0. The number of fused-ring (bicyclic) bond motifs is 10. The predicted octanol–water partition coefficient (Wildman–Crippen LogP) is 13.3. The zero-order chi connectivity index (χ0) is 34.6.